The Kier molecular flexibility index (Phi) is 3.41. The summed E-state index contributed by atoms with van der Waals surface area (Å²) in [4.78, 5) is 36.6. The maximum absolute atomic E-state index is 11.2. The van der Waals surface area contributed by atoms with Crippen LogP contribution in [-0.2, 0) is 19.2 Å². The molecule has 1 fully saturated rings. The van der Waals surface area contributed by atoms with Crippen LogP contribution in [0, 0.1) is 0 Å². The highest BCUT2D eigenvalue weighted by molar-refractivity contribution is 5.90. The molecule has 4 N–H and O–H groups in total. The van der Waals surface area contributed by atoms with Gasteiger partial charge in [-0.05, 0) is 6.42 Å². The SMILES string of the molecule is NC(=O)CONC(=O)[C@@H]1CCC(=O)N1. The third-order valence-corrected chi connectivity index (χ3v) is 1.70. The molecule has 1 heterocycles. The molecule has 1 aliphatic rings. The number of nitrogens with two attached hydrogens (primary N) is 1. The predicted octanol–water partition coefficient (Wildman–Crippen LogP) is -2.20. The number of primary amides is 1. The van der Waals surface area contributed by atoms with Crippen molar-refractivity contribution < 1.29 is 19.2 Å². The van der Waals surface area contributed by atoms with E-state index in [1.165, 1.54) is 0 Å². The van der Waals surface area contributed by atoms with Crippen molar-refractivity contribution in [1.82, 2.24) is 10.8 Å². The van der Waals surface area contributed by atoms with E-state index in [9.17, 15) is 14.4 Å². The average molecular weight is 201 g/mol. The van der Waals surface area contributed by atoms with E-state index in [1.807, 2.05) is 5.48 Å². The summed E-state index contributed by atoms with van der Waals surface area (Å²) in [5.74, 6) is -1.32. The first kappa shape index (κ1) is 10.5. The summed E-state index contributed by atoms with van der Waals surface area (Å²) in [7, 11) is 0. The Labute approximate surface area is 79.9 Å². The third-order valence-electron chi connectivity index (χ3n) is 1.70. The van der Waals surface area contributed by atoms with Crippen molar-refractivity contribution in [2.45, 2.75) is 18.9 Å². The molecule has 0 aromatic carbocycles. The van der Waals surface area contributed by atoms with Gasteiger partial charge in [0.2, 0.25) is 11.8 Å². The minimum absolute atomic E-state index is 0.167. The second-order valence-corrected chi connectivity index (χ2v) is 2.88. The van der Waals surface area contributed by atoms with Crippen molar-refractivity contribution in [2.24, 2.45) is 5.73 Å². The van der Waals surface area contributed by atoms with Gasteiger partial charge in [-0.15, -0.1) is 0 Å². The Bertz CT molecular complexity index is 266. The Morgan fingerprint density at radius 1 is 1.64 bits per heavy atom. The van der Waals surface area contributed by atoms with Gasteiger partial charge in [-0.25, -0.2) is 5.48 Å². The molecule has 14 heavy (non-hydrogen) atoms. The standard InChI is InChI=1S/C7H11N3O4/c8-5(11)3-14-10-7(13)4-1-2-6(12)9-4/h4H,1-3H2,(H2,8,11)(H,9,12)(H,10,13)/t4-/m0/s1. The predicted molar refractivity (Wildman–Crippen MR) is 44.5 cm³/mol. The average Bonchev–Trinajstić information content (AvgIpc) is 2.51. The molecule has 1 atom stereocenters. The van der Waals surface area contributed by atoms with Crippen LogP contribution in [0.25, 0.3) is 0 Å². The lowest BCUT2D eigenvalue weighted by Gasteiger charge is -2.09. The molecule has 1 saturated heterocycles. The van der Waals surface area contributed by atoms with Crippen LogP contribution in [0.5, 0.6) is 0 Å². The zero-order chi connectivity index (χ0) is 10.6. The maximum atomic E-state index is 11.2. The molecule has 7 heteroatoms. The molecule has 3 amide bonds. The molecule has 7 nitrogen and oxygen atoms in total. The van der Waals surface area contributed by atoms with Gasteiger partial charge in [0.05, 0.1) is 0 Å². The Hall–Kier alpha value is -1.63. The summed E-state index contributed by atoms with van der Waals surface area (Å²) in [5, 5.41) is 2.44. The fourth-order valence-electron chi connectivity index (χ4n) is 1.06. The second kappa shape index (κ2) is 4.56. The first-order valence-electron chi connectivity index (χ1n) is 4.09. The van der Waals surface area contributed by atoms with Gasteiger partial charge in [0.1, 0.15) is 6.04 Å². The largest absolute Gasteiger partial charge is 0.368 e. The Morgan fingerprint density at radius 2 is 2.36 bits per heavy atom. The molecular formula is C7H11N3O4. The summed E-state index contributed by atoms with van der Waals surface area (Å²) < 4.78 is 0. The number of amides is 3. The number of hydrogen-bond acceptors (Lipinski definition) is 4. The van der Waals surface area contributed by atoms with Crippen LogP contribution in [0.4, 0.5) is 0 Å². The van der Waals surface area contributed by atoms with Crippen LogP contribution in [0.3, 0.4) is 0 Å². The van der Waals surface area contributed by atoms with Crippen molar-refractivity contribution >= 4 is 17.7 Å². The van der Waals surface area contributed by atoms with Crippen molar-refractivity contribution in [3.8, 4) is 0 Å². The molecule has 0 spiro atoms. The molecule has 1 aliphatic heterocycles. The van der Waals surface area contributed by atoms with Gasteiger partial charge in [-0.1, -0.05) is 0 Å². The monoisotopic (exact) mass is 201 g/mol. The zero-order valence-electron chi connectivity index (χ0n) is 7.41. The van der Waals surface area contributed by atoms with Gasteiger partial charge >= 0.3 is 0 Å². The second-order valence-electron chi connectivity index (χ2n) is 2.88. The van der Waals surface area contributed by atoms with E-state index < -0.39 is 17.9 Å². The van der Waals surface area contributed by atoms with E-state index in [1.54, 1.807) is 0 Å². The van der Waals surface area contributed by atoms with Gasteiger partial charge in [0.15, 0.2) is 6.61 Å². The smallest absolute Gasteiger partial charge is 0.266 e. The van der Waals surface area contributed by atoms with Crippen LogP contribution < -0.4 is 16.5 Å². The van der Waals surface area contributed by atoms with Crippen LogP contribution >= 0.6 is 0 Å². The fourth-order valence-corrected chi connectivity index (χ4v) is 1.06. The molecule has 0 saturated carbocycles. The van der Waals surface area contributed by atoms with Crippen molar-refractivity contribution in [3.63, 3.8) is 0 Å². The highest BCUT2D eigenvalue weighted by Gasteiger charge is 2.27. The fraction of sp³-hybridized carbons (Fsp3) is 0.571. The van der Waals surface area contributed by atoms with Crippen LogP contribution in [0.15, 0.2) is 0 Å². The van der Waals surface area contributed by atoms with Crippen molar-refractivity contribution in [2.75, 3.05) is 6.61 Å². The molecule has 78 valence electrons. The van der Waals surface area contributed by atoms with E-state index in [2.05, 4.69) is 10.2 Å². The summed E-state index contributed by atoms with van der Waals surface area (Å²) in [6, 6.07) is -0.574. The maximum Gasteiger partial charge on any atom is 0.266 e. The molecule has 1 rings (SSSR count). The van der Waals surface area contributed by atoms with Gasteiger partial charge in [-0.2, -0.15) is 0 Å². The van der Waals surface area contributed by atoms with Crippen LogP contribution in [0.2, 0.25) is 0 Å². The first-order chi connectivity index (χ1) is 6.59. The van der Waals surface area contributed by atoms with E-state index >= 15 is 0 Å². The highest BCUT2D eigenvalue weighted by Crippen LogP contribution is 2.05. The zero-order valence-corrected chi connectivity index (χ0v) is 7.41. The lowest BCUT2D eigenvalue weighted by Crippen LogP contribution is -2.42. The molecular weight excluding hydrogens is 190 g/mol. The third kappa shape index (κ3) is 3.02. The molecule has 0 aromatic heterocycles. The topological polar surface area (TPSA) is 111 Å². The normalized spacial score (nSPS) is 20.3. The van der Waals surface area contributed by atoms with E-state index in [0.29, 0.717) is 12.8 Å². The van der Waals surface area contributed by atoms with Crippen molar-refractivity contribution in [1.29, 1.82) is 0 Å². The molecule has 0 unspecified atom stereocenters. The quantitative estimate of drug-likeness (QED) is 0.448. The first-order valence-corrected chi connectivity index (χ1v) is 4.09. The molecule has 0 aliphatic carbocycles. The summed E-state index contributed by atoms with van der Waals surface area (Å²) in [6.45, 7) is -0.383. The number of hydrogen-bond donors (Lipinski definition) is 3. The Morgan fingerprint density at radius 3 is 2.86 bits per heavy atom. The molecule has 0 bridgehead atoms. The van der Waals surface area contributed by atoms with Crippen molar-refractivity contribution in [3.05, 3.63) is 0 Å². The lowest BCUT2D eigenvalue weighted by atomic mass is 10.2. The van der Waals surface area contributed by atoms with Gasteiger partial charge in [-0.3, -0.25) is 19.2 Å². The Balaban J connectivity index is 2.22. The van der Waals surface area contributed by atoms with E-state index in [4.69, 9.17) is 5.73 Å². The molecule has 0 radical (unpaired) electrons. The molecule has 0 aromatic rings. The van der Waals surface area contributed by atoms with Crippen LogP contribution in [0.1, 0.15) is 12.8 Å². The summed E-state index contributed by atoms with van der Waals surface area (Å²) in [6.07, 6.45) is 0.762. The van der Waals surface area contributed by atoms with Gasteiger partial charge in [0, 0.05) is 6.42 Å². The number of nitrogens with one attached hydrogen (secondary N) is 2. The minimum atomic E-state index is -0.680. The number of carbonyl (C=O) groups is 3. The van der Waals surface area contributed by atoms with Crippen LogP contribution in [-0.4, -0.2) is 30.4 Å². The van der Waals surface area contributed by atoms with Gasteiger partial charge in [0.25, 0.3) is 5.91 Å². The summed E-state index contributed by atoms with van der Waals surface area (Å²) >= 11 is 0. The summed E-state index contributed by atoms with van der Waals surface area (Å²) in [5.41, 5.74) is 6.79. The van der Waals surface area contributed by atoms with E-state index in [-0.39, 0.29) is 12.5 Å². The van der Waals surface area contributed by atoms with E-state index in [0.717, 1.165) is 0 Å². The number of rotatable bonds is 4. The van der Waals surface area contributed by atoms with Gasteiger partial charge < -0.3 is 11.1 Å². The number of hydroxylamine groups is 1. The number of carbonyl (C=O) groups excluding carboxylic acids is 3. The lowest BCUT2D eigenvalue weighted by molar-refractivity contribution is -0.140. The minimum Gasteiger partial charge on any atom is -0.368 e. The highest BCUT2D eigenvalue weighted by atomic mass is 16.7.